The number of sulfonamides is 1. The maximum Gasteiger partial charge on any atom is 0.261 e. The van der Waals surface area contributed by atoms with Crippen molar-refractivity contribution in [3.05, 3.63) is 72.3 Å². The predicted octanol–water partition coefficient (Wildman–Crippen LogP) is 2.89. The summed E-state index contributed by atoms with van der Waals surface area (Å²) in [6.45, 7) is 5.05. The number of imidazole rings is 1. The number of nitrogens with one attached hydrogen (secondary N) is 2. The summed E-state index contributed by atoms with van der Waals surface area (Å²) < 4.78 is 35.1. The fourth-order valence-electron chi connectivity index (χ4n) is 2.84. The van der Waals surface area contributed by atoms with Gasteiger partial charge in [-0.05, 0) is 67.8 Å². The molecule has 0 aliphatic rings. The maximum absolute atomic E-state index is 12.6. The second-order valence-corrected chi connectivity index (χ2v) is 8.85. The summed E-state index contributed by atoms with van der Waals surface area (Å²) in [4.78, 5) is 16.0. The Morgan fingerprint density at radius 3 is 2.55 bits per heavy atom. The monoisotopic (exact) mass is 442 g/mol. The zero-order valence-electron chi connectivity index (χ0n) is 17.5. The molecule has 0 radical (unpaired) electrons. The Morgan fingerprint density at radius 1 is 1.10 bits per heavy atom. The number of rotatable bonds is 10. The van der Waals surface area contributed by atoms with E-state index in [2.05, 4.69) is 15.0 Å². The topological polar surface area (TPSA) is 102 Å². The summed E-state index contributed by atoms with van der Waals surface area (Å²) in [7, 11) is -3.72. The van der Waals surface area contributed by atoms with Crippen LogP contribution < -0.4 is 14.8 Å². The predicted molar refractivity (Wildman–Crippen MR) is 119 cm³/mol. The number of carbonyl (C=O) groups is 1. The Morgan fingerprint density at radius 2 is 1.87 bits per heavy atom. The molecular weight excluding hydrogens is 416 g/mol. The molecule has 9 heteroatoms. The quantitative estimate of drug-likeness (QED) is 0.470. The lowest BCUT2D eigenvalue weighted by molar-refractivity contribution is -0.123. The highest BCUT2D eigenvalue weighted by Gasteiger charge is 2.15. The molecule has 0 spiro atoms. The second-order valence-electron chi connectivity index (χ2n) is 7.17. The van der Waals surface area contributed by atoms with E-state index in [1.807, 2.05) is 30.7 Å². The van der Waals surface area contributed by atoms with Crippen LogP contribution in [0, 0.1) is 13.8 Å². The Hall–Kier alpha value is -3.33. The summed E-state index contributed by atoms with van der Waals surface area (Å²) in [6.07, 6.45) is 6.09. The van der Waals surface area contributed by atoms with E-state index in [9.17, 15) is 13.2 Å². The normalized spacial score (nSPS) is 11.2. The average Bonchev–Trinajstić information content (AvgIpc) is 3.26. The number of benzene rings is 2. The Bertz CT molecular complexity index is 1110. The Labute approximate surface area is 182 Å². The van der Waals surface area contributed by atoms with Gasteiger partial charge in [-0.3, -0.25) is 9.52 Å². The molecule has 1 amide bonds. The lowest BCUT2D eigenvalue weighted by Gasteiger charge is -2.11. The van der Waals surface area contributed by atoms with E-state index in [1.54, 1.807) is 24.7 Å². The molecule has 0 fully saturated rings. The van der Waals surface area contributed by atoms with Crippen LogP contribution in [0.1, 0.15) is 17.5 Å². The fourth-order valence-corrected chi connectivity index (χ4v) is 3.89. The van der Waals surface area contributed by atoms with Crippen LogP contribution in [0.5, 0.6) is 5.75 Å². The third-order valence-electron chi connectivity index (χ3n) is 4.74. The van der Waals surface area contributed by atoms with Gasteiger partial charge in [-0.2, -0.15) is 0 Å². The van der Waals surface area contributed by atoms with Crippen LogP contribution in [0.15, 0.2) is 66.1 Å². The highest BCUT2D eigenvalue weighted by atomic mass is 32.2. The van der Waals surface area contributed by atoms with E-state index in [0.29, 0.717) is 18.0 Å². The Kier molecular flexibility index (Phi) is 7.30. The summed E-state index contributed by atoms with van der Waals surface area (Å²) in [5.41, 5.74) is 2.60. The molecule has 1 heterocycles. The minimum Gasteiger partial charge on any atom is -0.484 e. The van der Waals surface area contributed by atoms with Gasteiger partial charge in [0, 0.05) is 31.2 Å². The number of ether oxygens (including phenoxy) is 1. The summed E-state index contributed by atoms with van der Waals surface area (Å²) >= 11 is 0. The van der Waals surface area contributed by atoms with Crippen molar-refractivity contribution in [1.29, 1.82) is 0 Å². The fraction of sp³-hybridized carbons (Fsp3) is 0.273. The summed E-state index contributed by atoms with van der Waals surface area (Å²) in [6, 6.07) is 11.3. The van der Waals surface area contributed by atoms with Gasteiger partial charge >= 0.3 is 0 Å². The van der Waals surface area contributed by atoms with Crippen LogP contribution in [0.25, 0.3) is 0 Å². The van der Waals surface area contributed by atoms with Crippen LogP contribution in [-0.2, 0) is 21.4 Å². The zero-order chi connectivity index (χ0) is 22.3. The number of nitrogens with zero attached hydrogens (tertiary/aromatic N) is 2. The van der Waals surface area contributed by atoms with Gasteiger partial charge in [-0.1, -0.05) is 6.07 Å². The molecule has 0 saturated heterocycles. The third kappa shape index (κ3) is 6.58. The molecule has 3 aromatic rings. The molecule has 2 aromatic carbocycles. The summed E-state index contributed by atoms with van der Waals surface area (Å²) in [5, 5.41) is 2.78. The van der Waals surface area contributed by atoms with Crippen molar-refractivity contribution >= 4 is 21.6 Å². The highest BCUT2D eigenvalue weighted by molar-refractivity contribution is 7.92. The van der Waals surface area contributed by atoms with Crippen molar-refractivity contribution in [2.75, 3.05) is 17.9 Å². The van der Waals surface area contributed by atoms with E-state index in [0.717, 1.165) is 24.1 Å². The first-order chi connectivity index (χ1) is 14.8. The standard InChI is InChI=1S/C22H26N4O4S/c1-17-4-5-19(14-18(17)2)25-31(28,29)21-8-6-20(7-9-21)30-15-22(27)24-10-3-12-26-13-11-23-16-26/h4-9,11,13-14,16,25H,3,10,12,15H2,1-2H3,(H,24,27). The number of amides is 1. The molecule has 1 aromatic heterocycles. The highest BCUT2D eigenvalue weighted by Crippen LogP contribution is 2.21. The minimum atomic E-state index is -3.72. The van der Waals surface area contributed by atoms with Crippen molar-refractivity contribution in [3.63, 3.8) is 0 Å². The van der Waals surface area contributed by atoms with E-state index in [4.69, 9.17) is 4.74 Å². The van der Waals surface area contributed by atoms with Crippen LogP contribution >= 0.6 is 0 Å². The van der Waals surface area contributed by atoms with Gasteiger partial charge < -0.3 is 14.6 Å². The van der Waals surface area contributed by atoms with E-state index >= 15 is 0 Å². The molecule has 164 valence electrons. The smallest absolute Gasteiger partial charge is 0.261 e. The molecule has 3 rings (SSSR count). The summed E-state index contributed by atoms with van der Waals surface area (Å²) in [5.74, 6) is 0.178. The van der Waals surface area contributed by atoms with Gasteiger partial charge in [0.25, 0.3) is 15.9 Å². The lowest BCUT2D eigenvalue weighted by Crippen LogP contribution is -2.30. The van der Waals surface area contributed by atoms with E-state index in [-0.39, 0.29) is 17.4 Å². The first-order valence-corrected chi connectivity index (χ1v) is 11.4. The van der Waals surface area contributed by atoms with Gasteiger partial charge in [0.2, 0.25) is 0 Å². The average molecular weight is 443 g/mol. The van der Waals surface area contributed by atoms with Crippen molar-refractivity contribution in [2.45, 2.75) is 31.7 Å². The molecule has 0 aliphatic heterocycles. The van der Waals surface area contributed by atoms with Gasteiger partial charge in [-0.15, -0.1) is 0 Å². The van der Waals surface area contributed by atoms with Crippen molar-refractivity contribution < 1.29 is 17.9 Å². The largest absolute Gasteiger partial charge is 0.484 e. The molecule has 0 atom stereocenters. The SMILES string of the molecule is Cc1ccc(NS(=O)(=O)c2ccc(OCC(=O)NCCCn3ccnc3)cc2)cc1C. The minimum absolute atomic E-state index is 0.113. The number of anilines is 1. The number of aromatic nitrogens is 2. The molecule has 8 nitrogen and oxygen atoms in total. The molecule has 2 N–H and O–H groups in total. The zero-order valence-corrected chi connectivity index (χ0v) is 18.4. The lowest BCUT2D eigenvalue weighted by atomic mass is 10.1. The first-order valence-electron chi connectivity index (χ1n) is 9.89. The Balaban J connectivity index is 1.46. The first kappa shape index (κ1) is 22.4. The van der Waals surface area contributed by atoms with Crippen molar-refractivity contribution in [1.82, 2.24) is 14.9 Å². The molecule has 0 saturated carbocycles. The third-order valence-corrected chi connectivity index (χ3v) is 6.13. The van der Waals surface area contributed by atoms with Gasteiger partial charge in [0.05, 0.1) is 11.2 Å². The van der Waals surface area contributed by atoms with Gasteiger partial charge in [0.15, 0.2) is 6.61 Å². The number of aryl methyl sites for hydroxylation is 3. The number of hydrogen-bond donors (Lipinski definition) is 2. The van der Waals surface area contributed by atoms with E-state index in [1.165, 1.54) is 24.3 Å². The van der Waals surface area contributed by atoms with Crippen molar-refractivity contribution in [3.8, 4) is 5.75 Å². The maximum atomic E-state index is 12.6. The number of carbonyl (C=O) groups excluding carboxylic acids is 1. The van der Waals surface area contributed by atoms with Crippen molar-refractivity contribution in [2.24, 2.45) is 0 Å². The van der Waals surface area contributed by atoms with Gasteiger partial charge in [-0.25, -0.2) is 13.4 Å². The van der Waals surface area contributed by atoms with Gasteiger partial charge in [0.1, 0.15) is 5.75 Å². The molecule has 31 heavy (non-hydrogen) atoms. The van der Waals surface area contributed by atoms with Crippen LogP contribution in [0.2, 0.25) is 0 Å². The molecular formula is C22H26N4O4S. The number of hydrogen-bond acceptors (Lipinski definition) is 5. The van der Waals surface area contributed by atoms with Crippen LogP contribution in [-0.4, -0.2) is 37.0 Å². The molecule has 0 unspecified atom stereocenters. The molecule has 0 bridgehead atoms. The van der Waals surface area contributed by atoms with Crippen LogP contribution in [0.3, 0.4) is 0 Å². The van der Waals surface area contributed by atoms with E-state index < -0.39 is 10.0 Å². The second kappa shape index (κ2) is 10.1. The van der Waals surface area contributed by atoms with Crippen LogP contribution in [0.4, 0.5) is 5.69 Å². The molecule has 0 aliphatic carbocycles.